The van der Waals surface area contributed by atoms with Crippen molar-refractivity contribution in [3.63, 3.8) is 0 Å². The Hall–Kier alpha value is -3.56. The molecule has 7 nitrogen and oxygen atoms in total. The smallest absolute Gasteiger partial charge is 0.408 e. The van der Waals surface area contributed by atoms with Crippen LogP contribution in [0.2, 0.25) is 0 Å². The molecule has 5 rings (SSSR count). The Bertz CT molecular complexity index is 1390. The van der Waals surface area contributed by atoms with Gasteiger partial charge < -0.3 is 14.6 Å². The summed E-state index contributed by atoms with van der Waals surface area (Å²) in [6, 6.07) is 5.79. The molecule has 196 valence electrons. The van der Waals surface area contributed by atoms with Crippen LogP contribution in [-0.2, 0) is 13.0 Å². The minimum absolute atomic E-state index is 0.0604. The summed E-state index contributed by atoms with van der Waals surface area (Å²) in [5.74, 6) is -3.74. The lowest BCUT2D eigenvalue weighted by molar-refractivity contribution is 0.0482. The quantitative estimate of drug-likeness (QED) is 0.489. The minimum Gasteiger partial charge on any atom is -0.465 e. The van der Waals surface area contributed by atoms with Crippen LogP contribution in [0.4, 0.5) is 18.0 Å². The maximum atomic E-state index is 15.0. The largest absolute Gasteiger partial charge is 0.465 e. The van der Waals surface area contributed by atoms with Gasteiger partial charge in [0.1, 0.15) is 11.6 Å². The second-order valence-electron chi connectivity index (χ2n) is 10.8. The fraction of sp³-hybridized carbons (Fsp3) is 0.444. The summed E-state index contributed by atoms with van der Waals surface area (Å²) in [6.45, 7) is 6.78. The molecule has 2 aliphatic heterocycles. The second kappa shape index (κ2) is 9.08. The van der Waals surface area contributed by atoms with Crippen molar-refractivity contribution in [3.05, 3.63) is 64.7 Å². The van der Waals surface area contributed by atoms with Crippen molar-refractivity contribution < 1.29 is 27.9 Å². The molecule has 0 bridgehead atoms. The lowest BCUT2D eigenvalue weighted by atomic mass is 9.83. The van der Waals surface area contributed by atoms with Gasteiger partial charge in [0, 0.05) is 49.1 Å². The zero-order chi connectivity index (χ0) is 26.6. The van der Waals surface area contributed by atoms with Gasteiger partial charge in [-0.05, 0) is 63.4 Å². The van der Waals surface area contributed by atoms with Gasteiger partial charge in [-0.3, -0.25) is 9.69 Å². The monoisotopic (exact) mass is 514 g/mol. The second-order valence-corrected chi connectivity index (χ2v) is 10.8. The highest BCUT2D eigenvalue weighted by atomic mass is 19.2. The van der Waals surface area contributed by atoms with E-state index in [1.54, 1.807) is 39.0 Å². The summed E-state index contributed by atoms with van der Waals surface area (Å²) in [6.07, 6.45) is 0.863. The Morgan fingerprint density at radius 2 is 1.70 bits per heavy atom. The van der Waals surface area contributed by atoms with Crippen LogP contribution in [0.25, 0.3) is 11.0 Å². The number of fused-ring (bicyclic) bond motifs is 3. The van der Waals surface area contributed by atoms with E-state index in [9.17, 15) is 27.9 Å². The predicted octanol–water partition coefficient (Wildman–Crippen LogP) is 5.18. The first-order chi connectivity index (χ1) is 17.5. The molecule has 3 heterocycles. The van der Waals surface area contributed by atoms with Crippen LogP contribution in [-0.4, -0.2) is 61.1 Å². The number of imidazole rings is 1. The zero-order valence-corrected chi connectivity index (χ0v) is 21.0. The van der Waals surface area contributed by atoms with E-state index in [1.807, 2.05) is 9.47 Å². The third kappa shape index (κ3) is 4.42. The zero-order valence-electron chi connectivity index (χ0n) is 21.0. The van der Waals surface area contributed by atoms with Crippen molar-refractivity contribution in [1.82, 2.24) is 19.4 Å². The number of hydrogen-bond acceptors (Lipinski definition) is 3. The topological polar surface area (TPSA) is 78.7 Å². The number of carboxylic acid groups (broad SMARTS) is 1. The standard InChI is InChI=1S/C27H29F3N4O3/c1-27(2,3)34(26(36)37)23-14-33-22-7-6-15(25(35)32-8-4-5-9-32)10-21(22)31-24(33)12-17(23)16-11-19(29)20(30)13-18(16)28/h6-7,10-11,13,17,23H,4-5,8-9,12,14H2,1-3H3,(H,36,37)/t17-,23+/m1/s1. The molecule has 0 radical (unpaired) electrons. The third-order valence-electron chi connectivity index (χ3n) is 7.40. The summed E-state index contributed by atoms with van der Waals surface area (Å²) < 4.78 is 44.8. The van der Waals surface area contributed by atoms with Gasteiger partial charge in [-0.1, -0.05) is 0 Å². The Morgan fingerprint density at radius 1 is 1.03 bits per heavy atom. The molecule has 1 saturated heterocycles. The lowest BCUT2D eigenvalue weighted by Crippen LogP contribution is -2.56. The van der Waals surface area contributed by atoms with Crippen LogP contribution >= 0.6 is 0 Å². The van der Waals surface area contributed by atoms with Gasteiger partial charge >= 0.3 is 6.09 Å². The van der Waals surface area contributed by atoms with Gasteiger partial charge in [0.05, 0.1) is 17.1 Å². The molecule has 37 heavy (non-hydrogen) atoms. The summed E-state index contributed by atoms with van der Waals surface area (Å²) in [7, 11) is 0. The SMILES string of the molecule is CC(C)(C)N(C(=O)O)[C@H]1Cn2c(nc3cc(C(=O)N4CCCC4)ccc32)C[C@@H]1c1cc(F)c(F)cc1F. The van der Waals surface area contributed by atoms with E-state index in [1.165, 1.54) is 4.90 Å². The van der Waals surface area contributed by atoms with Crippen molar-refractivity contribution in [3.8, 4) is 0 Å². The number of amides is 2. The lowest BCUT2D eigenvalue weighted by Gasteiger charge is -2.45. The number of likely N-dealkylation sites (tertiary alicyclic amines) is 1. The average Bonchev–Trinajstić information content (AvgIpc) is 3.47. The van der Waals surface area contributed by atoms with Gasteiger partial charge in [-0.25, -0.2) is 22.9 Å². The highest BCUT2D eigenvalue weighted by Gasteiger charge is 2.43. The molecule has 0 saturated carbocycles. The Kier molecular flexibility index (Phi) is 6.16. The molecular formula is C27H29F3N4O3. The van der Waals surface area contributed by atoms with E-state index in [2.05, 4.69) is 0 Å². The van der Waals surface area contributed by atoms with Gasteiger partial charge in [0.15, 0.2) is 11.6 Å². The fourth-order valence-electron chi connectivity index (χ4n) is 5.75. The van der Waals surface area contributed by atoms with E-state index in [-0.39, 0.29) is 24.4 Å². The van der Waals surface area contributed by atoms with Crippen LogP contribution in [0.1, 0.15) is 61.3 Å². The van der Waals surface area contributed by atoms with E-state index < -0.39 is 41.0 Å². The van der Waals surface area contributed by atoms with Crippen LogP contribution in [0.3, 0.4) is 0 Å². The van der Waals surface area contributed by atoms with Crippen LogP contribution < -0.4 is 0 Å². The molecule has 2 amide bonds. The van der Waals surface area contributed by atoms with Crippen molar-refractivity contribution in [2.75, 3.05) is 13.1 Å². The molecule has 1 aromatic heterocycles. The summed E-state index contributed by atoms with van der Waals surface area (Å²) in [5.41, 5.74) is 0.867. The maximum absolute atomic E-state index is 15.0. The van der Waals surface area contributed by atoms with Crippen molar-refractivity contribution in [2.24, 2.45) is 0 Å². The molecule has 0 spiro atoms. The Morgan fingerprint density at radius 3 is 2.35 bits per heavy atom. The molecule has 2 atom stereocenters. The van der Waals surface area contributed by atoms with Gasteiger partial charge in [-0.2, -0.15) is 0 Å². The molecule has 3 aromatic rings. The number of halogens is 3. The van der Waals surface area contributed by atoms with Crippen LogP contribution in [0, 0.1) is 17.5 Å². The van der Waals surface area contributed by atoms with E-state index in [4.69, 9.17) is 4.98 Å². The van der Waals surface area contributed by atoms with E-state index in [0.29, 0.717) is 23.0 Å². The number of carbonyl (C=O) groups is 2. The van der Waals surface area contributed by atoms with E-state index in [0.717, 1.165) is 37.5 Å². The molecule has 0 unspecified atom stereocenters. The first-order valence-electron chi connectivity index (χ1n) is 12.4. The first-order valence-corrected chi connectivity index (χ1v) is 12.4. The average molecular weight is 515 g/mol. The summed E-state index contributed by atoms with van der Waals surface area (Å²) >= 11 is 0. The highest BCUT2D eigenvalue weighted by molar-refractivity contribution is 5.97. The fourth-order valence-corrected chi connectivity index (χ4v) is 5.75. The maximum Gasteiger partial charge on any atom is 0.408 e. The number of rotatable bonds is 3. The van der Waals surface area contributed by atoms with E-state index >= 15 is 0 Å². The number of benzene rings is 2. The number of nitrogens with zero attached hydrogens (tertiary/aromatic N) is 4. The molecule has 2 aromatic carbocycles. The first kappa shape index (κ1) is 25.1. The van der Waals surface area contributed by atoms with Gasteiger partial charge in [0.2, 0.25) is 0 Å². The summed E-state index contributed by atoms with van der Waals surface area (Å²) in [4.78, 5) is 33.1. The third-order valence-corrected chi connectivity index (χ3v) is 7.40. The van der Waals surface area contributed by atoms with Crippen LogP contribution in [0.5, 0.6) is 0 Å². The Balaban J connectivity index is 1.61. The normalized spacial score (nSPS) is 19.8. The Labute approximate surface area is 212 Å². The minimum atomic E-state index is -1.30. The summed E-state index contributed by atoms with van der Waals surface area (Å²) in [5, 5.41) is 10.1. The van der Waals surface area contributed by atoms with Crippen molar-refractivity contribution in [1.29, 1.82) is 0 Å². The predicted molar refractivity (Wildman–Crippen MR) is 131 cm³/mol. The van der Waals surface area contributed by atoms with Gasteiger partial charge in [0.25, 0.3) is 5.91 Å². The highest BCUT2D eigenvalue weighted by Crippen LogP contribution is 2.39. The molecule has 1 N–H and O–H groups in total. The van der Waals surface area contributed by atoms with Crippen LogP contribution in [0.15, 0.2) is 30.3 Å². The van der Waals surface area contributed by atoms with Crippen molar-refractivity contribution in [2.45, 2.75) is 64.1 Å². The number of aromatic nitrogens is 2. The number of hydrogen-bond donors (Lipinski definition) is 1. The molecular weight excluding hydrogens is 485 g/mol. The number of carbonyl (C=O) groups excluding carboxylic acids is 1. The van der Waals surface area contributed by atoms with Gasteiger partial charge in [-0.15, -0.1) is 0 Å². The molecule has 1 fully saturated rings. The molecule has 2 aliphatic rings. The molecule has 10 heteroatoms. The van der Waals surface area contributed by atoms with Crippen molar-refractivity contribution >= 4 is 23.0 Å². The molecule has 0 aliphatic carbocycles.